The molecular weight excluding hydrogens is 250 g/mol. The number of fused-ring (bicyclic) bond motifs is 1. The molecule has 4 heteroatoms. The average molecular weight is 265 g/mol. The van der Waals surface area contributed by atoms with Crippen LogP contribution in [-0.4, -0.2) is 9.78 Å². The second kappa shape index (κ2) is 5.27. The van der Waals surface area contributed by atoms with Gasteiger partial charge in [0.25, 0.3) is 5.56 Å². The van der Waals surface area contributed by atoms with E-state index in [4.69, 9.17) is 5.73 Å². The fourth-order valence-corrected chi connectivity index (χ4v) is 2.27. The SMILES string of the molecule is NCc1cccc(Cn2ncc3ccccc3c2=O)c1. The molecule has 3 aromatic rings. The summed E-state index contributed by atoms with van der Waals surface area (Å²) in [5.41, 5.74) is 7.64. The highest BCUT2D eigenvalue weighted by atomic mass is 16.1. The van der Waals surface area contributed by atoms with Crippen LogP contribution >= 0.6 is 0 Å². The molecule has 0 amide bonds. The molecule has 0 aliphatic rings. The molecule has 0 aliphatic heterocycles. The first-order chi connectivity index (χ1) is 9.78. The molecule has 20 heavy (non-hydrogen) atoms. The van der Waals surface area contributed by atoms with Crippen molar-refractivity contribution in [2.24, 2.45) is 5.73 Å². The molecule has 2 aromatic carbocycles. The maximum Gasteiger partial charge on any atom is 0.274 e. The lowest BCUT2D eigenvalue weighted by Gasteiger charge is -2.07. The molecule has 100 valence electrons. The number of nitrogens with two attached hydrogens (primary N) is 1. The summed E-state index contributed by atoms with van der Waals surface area (Å²) in [6.07, 6.45) is 1.73. The predicted molar refractivity (Wildman–Crippen MR) is 79.4 cm³/mol. The van der Waals surface area contributed by atoms with E-state index >= 15 is 0 Å². The maximum absolute atomic E-state index is 12.4. The van der Waals surface area contributed by atoms with E-state index in [1.807, 2.05) is 48.5 Å². The highest BCUT2D eigenvalue weighted by molar-refractivity contribution is 5.80. The quantitative estimate of drug-likeness (QED) is 0.786. The minimum Gasteiger partial charge on any atom is -0.326 e. The monoisotopic (exact) mass is 265 g/mol. The van der Waals surface area contributed by atoms with E-state index in [1.165, 1.54) is 4.68 Å². The number of nitrogens with zero attached hydrogens (tertiary/aromatic N) is 2. The number of hydrogen-bond donors (Lipinski definition) is 1. The smallest absolute Gasteiger partial charge is 0.274 e. The Morgan fingerprint density at radius 2 is 1.85 bits per heavy atom. The molecule has 1 aromatic heterocycles. The Morgan fingerprint density at radius 1 is 1.05 bits per heavy atom. The number of aromatic nitrogens is 2. The topological polar surface area (TPSA) is 60.9 Å². The molecule has 0 saturated carbocycles. The molecule has 0 spiro atoms. The van der Waals surface area contributed by atoms with Gasteiger partial charge in [-0.1, -0.05) is 42.5 Å². The average Bonchev–Trinajstić information content (AvgIpc) is 2.50. The zero-order valence-corrected chi connectivity index (χ0v) is 11.0. The standard InChI is InChI=1S/C16H15N3O/c17-9-12-4-3-5-13(8-12)11-19-16(20)15-7-2-1-6-14(15)10-18-19/h1-8,10H,9,11,17H2. The van der Waals surface area contributed by atoms with E-state index in [1.54, 1.807) is 6.20 Å². The summed E-state index contributed by atoms with van der Waals surface area (Å²) in [5.74, 6) is 0. The molecule has 0 bridgehead atoms. The summed E-state index contributed by atoms with van der Waals surface area (Å²) in [7, 11) is 0. The second-order valence-corrected chi connectivity index (χ2v) is 4.72. The Balaban J connectivity index is 2.02. The molecule has 3 rings (SSSR count). The third kappa shape index (κ3) is 2.33. The van der Waals surface area contributed by atoms with Crippen LogP contribution in [-0.2, 0) is 13.1 Å². The van der Waals surface area contributed by atoms with Crippen molar-refractivity contribution in [3.8, 4) is 0 Å². The Labute approximate surface area is 116 Å². The third-order valence-corrected chi connectivity index (χ3v) is 3.32. The first-order valence-electron chi connectivity index (χ1n) is 6.50. The molecule has 0 aliphatic carbocycles. The zero-order valence-electron chi connectivity index (χ0n) is 11.0. The number of hydrogen-bond acceptors (Lipinski definition) is 3. The van der Waals surface area contributed by atoms with Gasteiger partial charge in [-0.3, -0.25) is 4.79 Å². The minimum atomic E-state index is -0.0683. The van der Waals surface area contributed by atoms with Crippen LogP contribution < -0.4 is 11.3 Å². The molecule has 4 nitrogen and oxygen atoms in total. The van der Waals surface area contributed by atoms with Crippen molar-refractivity contribution in [1.82, 2.24) is 9.78 Å². The van der Waals surface area contributed by atoms with Gasteiger partial charge in [0.05, 0.1) is 18.1 Å². The van der Waals surface area contributed by atoms with Crippen LogP contribution in [0.15, 0.2) is 59.5 Å². The highest BCUT2D eigenvalue weighted by Crippen LogP contribution is 2.09. The van der Waals surface area contributed by atoms with Crippen LogP contribution in [0.5, 0.6) is 0 Å². The van der Waals surface area contributed by atoms with Crippen LogP contribution in [0.3, 0.4) is 0 Å². The van der Waals surface area contributed by atoms with Gasteiger partial charge in [0.2, 0.25) is 0 Å². The molecule has 0 atom stereocenters. The van der Waals surface area contributed by atoms with Crippen molar-refractivity contribution < 1.29 is 0 Å². The Hall–Kier alpha value is -2.46. The van der Waals surface area contributed by atoms with E-state index in [0.29, 0.717) is 18.5 Å². The fraction of sp³-hybridized carbons (Fsp3) is 0.125. The minimum absolute atomic E-state index is 0.0683. The predicted octanol–water partition coefficient (Wildman–Crippen LogP) is 1.90. The van der Waals surface area contributed by atoms with Gasteiger partial charge < -0.3 is 5.73 Å². The molecule has 0 unspecified atom stereocenters. The number of benzene rings is 2. The maximum atomic E-state index is 12.4. The summed E-state index contributed by atoms with van der Waals surface area (Å²) < 4.78 is 1.48. The van der Waals surface area contributed by atoms with Gasteiger partial charge in [-0.25, -0.2) is 4.68 Å². The van der Waals surface area contributed by atoms with Crippen LogP contribution in [0.4, 0.5) is 0 Å². The largest absolute Gasteiger partial charge is 0.326 e. The van der Waals surface area contributed by atoms with E-state index < -0.39 is 0 Å². The van der Waals surface area contributed by atoms with Gasteiger partial charge >= 0.3 is 0 Å². The Morgan fingerprint density at radius 3 is 2.70 bits per heavy atom. The highest BCUT2D eigenvalue weighted by Gasteiger charge is 2.04. The van der Waals surface area contributed by atoms with Crippen molar-refractivity contribution in [1.29, 1.82) is 0 Å². The second-order valence-electron chi connectivity index (χ2n) is 4.72. The van der Waals surface area contributed by atoms with Crippen LogP contribution in [0.1, 0.15) is 11.1 Å². The van der Waals surface area contributed by atoms with Crippen molar-refractivity contribution in [3.63, 3.8) is 0 Å². The first-order valence-corrected chi connectivity index (χ1v) is 6.50. The van der Waals surface area contributed by atoms with Crippen LogP contribution in [0.2, 0.25) is 0 Å². The van der Waals surface area contributed by atoms with Crippen LogP contribution in [0.25, 0.3) is 10.8 Å². The van der Waals surface area contributed by atoms with Gasteiger partial charge in [-0.05, 0) is 17.2 Å². The summed E-state index contributed by atoms with van der Waals surface area (Å²) in [6.45, 7) is 0.950. The van der Waals surface area contributed by atoms with Crippen molar-refractivity contribution in [2.75, 3.05) is 0 Å². The lowest BCUT2D eigenvalue weighted by molar-refractivity contribution is 0.647. The number of rotatable bonds is 3. The summed E-state index contributed by atoms with van der Waals surface area (Å²) >= 11 is 0. The lowest BCUT2D eigenvalue weighted by atomic mass is 10.1. The van der Waals surface area contributed by atoms with Gasteiger partial charge in [0.15, 0.2) is 0 Å². The van der Waals surface area contributed by atoms with Gasteiger partial charge in [-0.2, -0.15) is 5.10 Å². The van der Waals surface area contributed by atoms with E-state index in [-0.39, 0.29) is 5.56 Å². The first kappa shape index (κ1) is 12.6. The summed E-state index contributed by atoms with van der Waals surface area (Å²) in [6, 6.07) is 15.4. The lowest BCUT2D eigenvalue weighted by Crippen LogP contribution is -2.23. The van der Waals surface area contributed by atoms with Gasteiger partial charge in [-0.15, -0.1) is 0 Å². The molecule has 0 saturated heterocycles. The summed E-state index contributed by atoms with van der Waals surface area (Å²) in [4.78, 5) is 12.4. The third-order valence-electron chi connectivity index (χ3n) is 3.32. The van der Waals surface area contributed by atoms with Gasteiger partial charge in [0, 0.05) is 11.9 Å². The molecule has 1 heterocycles. The van der Waals surface area contributed by atoms with Crippen molar-refractivity contribution in [2.45, 2.75) is 13.1 Å². The Kier molecular flexibility index (Phi) is 3.31. The molecular formula is C16H15N3O. The van der Waals surface area contributed by atoms with Crippen LogP contribution in [0, 0.1) is 0 Å². The zero-order chi connectivity index (χ0) is 13.9. The fourth-order valence-electron chi connectivity index (χ4n) is 2.27. The molecule has 0 radical (unpaired) electrons. The van der Waals surface area contributed by atoms with E-state index in [9.17, 15) is 4.79 Å². The van der Waals surface area contributed by atoms with E-state index in [0.717, 1.165) is 16.5 Å². The Bertz CT molecular complexity index is 808. The van der Waals surface area contributed by atoms with Crippen molar-refractivity contribution in [3.05, 3.63) is 76.2 Å². The normalized spacial score (nSPS) is 10.8. The van der Waals surface area contributed by atoms with Crippen molar-refractivity contribution >= 4 is 10.8 Å². The van der Waals surface area contributed by atoms with E-state index in [2.05, 4.69) is 5.10 Å². The molecule has 0 fully saturated rings. The van der Waals surface area contributed by atoms with Gasteiger partial charge in [0.1, 0.15) is 0 Å². The summed E-state index contributed by atoms with van der Waals surface area (Å²) in [5, 5.41) is 5.79. The molecule has 2 N–H and O–H groups in total.